The molecule has 0 fully saturated rings. The summed E-state index contributed by atoms with van der Waals surface area (Å²) in [5.41, 5.74) is 2.12. The number of nitrogens with zero attached hydrogens (tertiary/aromatic N) is 4. The van der Waals surface area contributed by atoms with E-state index >= 15 is 0 Å². The van der Waals surface area contributed by atoms with E-state index in [0.29, 0.717) is 12.4 Å². The van der Waals surface area contributed by atoms with Gasteiger partial charge in [0.1, 0.15) is 5.82 Å². The molecule has 7 nitrogen and oxygen atoms in total. The molecule has 3 aromatic carbocycles. The average Bonchev–Trinajstić information content (AvgIpc) is 3.25. The van der Waals surface area contributed by atoms with Gasteiger partial charge in [0, 0.05) is 16.4 Å². The third-order valence-corrected chi connectivity index (χ3v) is 7.34. The molecule has 0 radical (unpaired) electrons. The second kappa shape index (κ2) is 8.33. The summed E-state index contributed by atoms with van der Waals surface area (Å²) < 4.78 is 28.8. The first-order valence-electron chi connectivity index (χ1n) is 9.97. The molecule has 0 aliphatic carbocycles. The van der Waals surface area contributed by atoms with Gasteiger partial charge in [-0.25, -0.2) is 13.4 Å². The van der Waals surface area contributed by atoms with Crippen LogP contribution in [0, 0.1) is 0 Å². The van der Waals surface area contributed by atoms with Crippen LogP contribution in [0.4, 0.5) is 5.82 Å². The maximum absolute atomic E-state index is 13.3. The van der Waals surface area contributed by atoms with Crippen molar-refractivity contribution in [3.8, 4) is 0 Å². The maximum Gasteiger partial charge on any atom is 0.229 e. The van der Waals surface area contributed by atoms with Gasteiger partial charge in [-0.05, 0) is 48.4 Å². The standard InChI is InChI=1S/C23H18BrN5O2S/c24-17-10-12-18(13-11-17)32(30,31)23-22-26-21(25-15-14-16-6-2-1-3-7-16)19-8-4-5-9-20(19)29(22)28-27-23/h1-13H,14-15H2,(H,25,26). The summed E-state index contributed by atoms with van der Waals surface area (Å²) in [5.74, 6) is 0.596. The van der Waals surface area contributed by atoms with Gasteiger partial charge in [-0.2, -0.15) is 4.52 Å². The largest absolute Gasteiger partial charge is 0.369 e. The number of hydrogen-bond donors (Lipinski definition) is 1. The fourth-order valence-corrected chi connectivity index (χ4v) is 5.05. The number of benzene rings is 3. The fourth-order valence-electron chi connectivity index (χ4n) is 3.55. The number of nitrogens with one attached hydrogen (secondary N) is 1. The van der Waals surface area contributed by atoms with Crippen molar-refractivity contribution < 1.29 is 8.42 Å². The molecule has 0 atom stereocenters. The third-order valence-electron chi connectivity index (χ3n) is 5.15. The van der Waals surface area contributed by atoms with E-state index in [9.17, 15) is 8.42 Å². The Morgan fingerprint density at radius 1 is 0.906 bits per heavy atom. The van der Waals surface area contributed by atoms with Gasteiger partial charge in [0.25, 0.3) is 0 Å². The highest BCUT2D eigenvalue weighted by Gasteiger charge is 2.27. The summed E-state index contributed by atoms with van der Waals surface area (Å²) >= 11 is 3.33. The quantitative estimate of drug-likeness (QED) is 0.363. The first-order chi connectivity index (χ1) is 15.5. The highest BCUT2D eigenvalue weighted by Crippen LogP contribution is 2.28. The summed E-state index contributed by atoms with van der Waals surface area (Å²) in [6, 6.07) is 24.1. The van der Waals surface area contributed by atoms with Gasteiger partial charge in [-0.1, -0.05) is 63.6 Å². The van der Waals surface area contributed by atoms with Crippen molar-refractivity contribution in [1.82, 2.24) is 19.8 Å². The van der Waals surface area contributed by atoms with E-state index in [2.05, 4.69) is 48.7 Å². The lowest BCUT2D eigenvalue weighted by Gasteiger charge is -2.10. The van der Waals surface area contributed by atoms with Crippen molar-refractivity contribution in [2.24, 2.45) is 0 Å². The monoisotopic (exact) mass is 507 g/mol. The van der Waals surface area contributed by atoms with Crippen molar-refractivity contribution in [3.05, 3.63) is 88.9 Å². The molecule has 0 bridgehead atoms. The topological polar surface area (TPSA) is 89.2 Å². The van der Waals surface area contributed by atoms with E-state index in [1.165, 1.54) is 22.2 Å². The van der Waals surface area contributed by atoms with Crippen LogP contribution < -0.4 is 5.32 Å². The summed E-state index contributed by atoms with van der Waals surface area (Å²) in [4.78, 5) is 4.78. The van der Waals surface area contributed by atoms with E-state index in [-0.39, 0.29) is 15.6 Å². The molecule has 1 N–H and O–H groups in total. The average molecular weight is 508 g/mol. The minimum Gasteiger partial charge on any atom is -0.369 e. The van der Waals surface area contributed by atoms with Gasteiger partial charge in [-0.15, -0.1) is 5.10 Å². The number of anilines is 1. The Balaban J connectivity index is 1.59. The first-order valence-corrected chi connectivity index (χ1v) is 12.2. The predicted octanol–water partition coefficient (Wildman–Crippen LogP) is 4.53. The Morgan fingerprint density at radius 2 is 1.62 bits per heavy atom. The number of rotatable bonds is 6. The fraction of sp³-hybridized carbons (Fsp3) is 0.0870. The third kappa shape index (κ3) is 3.74. The molecule has 0 spiro atoms. The molecule has 0 aliphatic rings. The zero-order valence-electron chi connectivity index (χ0n) is 16.8. The number of halogens is 1. The van der Waals surface area contributed by atoms with Crippen molar-refractivity contribution in [2.75, 3.05) is 11.9 Å². The van der Waals surface area contributed by atoms with Gasteiger partial charge in [0.2, 0.25) is 14.9 Å². The molecular weight excluding hydrogens is 490 g/mol. The van der Waals surface area contributed by atoms with Crippen molar-refractivity contribution in [1.29, 1.82) is 0 Å². The van der Waals surface area contributed by atoms with Crippen LogP contribution >= 0.6 is 15.9 Å². The van der Waals surface area contributed by atoms with Crippen molar-refractivity contribution in [2.45, 2.75) is 16.3 Å². The van der Waals surface area contributed by atoms with Crippen LogP contribution in [0.5, 0.6) is 0 Å². The molecule has 5 aromatic rings. The lowest BCUT2D eigenvalue weighted by Crippen LogP contribution is -2.09. The summed E-state index contributed by atoms with van der Waals surface area (Å²) in [5, 5.41) is 12.2. The first kappa shape index (κ1) is 20.6. The Hall–Kier alpha value is -3.30. The molecule has 2 aromatic heterocycles. The molecule has 2 heterocycles. The number of para-hydroxylation sites is 1. The van der Waals surface area contributed by atoms with Gasteiger partial charge in [0.05, 0.1) is 10.4 Å². The molecule has 32 heavy (non-hydrogen) atoms. The smallest absolute Gasteiger partial charge is 0.229 e. The lowest BCUT2D eigenvalue weighted by molar-refractivity contribution is 0.592. The van der Waals surface area contributed by atoms with E-state index in [0.717, 1.165) is 21.8 Å². The van der Waals surface area contributed by atoms with Crippen LogP contribution in [0.15, 0.2) is 93.3 Å². The highest BCUT2D eigenvalue weighted by molar-refractivity contribution is 9.10. The normalized spacial score (nSPS) is 11.8. The summed E-state index contributed by atoms with van der Waals surface area (Å²) in [6.45, 7) is 0.646. The van der Waals surface area contributed by atoms with Crippen molar-refractivity contribution >= 4 is 48.1 Å². The van der Waals surface area contributed by atoms with Gasteiger partial charge in [0.15, 0.2) is 5.65 Å². The maximum atomic E-state index is 13.3. The Labute approximate surface area is 193 Å². The molecule has 160 valence electrons. The molecule has 0 aliphatic heterocycles. The van der Waals surface area contributed by atoms with E-state index in [4.69, 9.17) is 0 Å². The molecule has 0 amide bonds. The van der Waals surface area contributed by atoms with E-state index < -0.39 is 9.84 Å². The van der Waals surface area contributed by atoms with Crippen LogP contribution in [-0.4, -0.2) is 34.8 Å². The van der Waals surface area contributed by atoms with Crippen molar-refractivity contribution in [3.63, 3.8) is 0 Å². The Morgan fingerprint density at radius 3 is 2.41 bits per heavy atom. The molecule has 0 saturated carbocycles. The zero-order valence-corrected chi connectivity index (χ0v) is 19.2. The number of hydrogen-bond acceptors (Lipinski definition) is 6. The number of sulfone groups is 1. The van der Waals surface area contributed by atoms with Gasteiger partial charge >= 0.3 is 0 Å². The second-order valence-corrected chi connectivity index (χ2v) is 10.0. The Kier molecular flexibility index (Phi) is 5.36. The second-order valence-electron chi connectivity index (χ2n) is 7.23. The van der Waals surface area contributed by atoms with Gasteiger partial charge in [-0.3, -0.25) is 0 Å². The molecule has 0 unspecified atom stereocenters. The zero-order chi connectivity index (χ0) is 22.1. The van der Waals surface area contributed by atoms with Crippen LogP contribution in [0.25, 0.3) is 16.6 Å². The molecular formula is C23H18BrN5O2S. The van der Waals surface area contributed by atoms with E-state index in [1.807, 2.05) is 42.5 Å². The Bertz CT molecular complexity index is 1520. The highest BCUT2D eigenvalue weighted by atomic mass is 79.9. The number of fused-ring (bicyclic) bond motifs is 3. The van der Waals surface area contributed by atoms with Crippen LogP contribution in [-0.2, 0) is 16.3 Å². The van der Waals surface area contributed by atoms with E-state index in [1.54, 1.807) is 12.1 Å². The minimum atomic E-state index is -3.89. The molecule has 0 saturated heterocycles. The number of aromatic nitrogens is 4. The molecule has 5 rings (SSSR count). The predicted molar refractivity (Wildman–Crippen MR) is 127 cm³/mol. The van der Waals surface area contributed by atoms with Crippen LogP contribution in [0.2, 0.25) is 0 Å². The van der Waals surface area contributed by atoms with Gasteiger partial charge < -0.3 is 5.32 Å². The lowest BCUT2D eigenvalue weighted by atomic mass is 10.1. The van der Waals surface area contributed by atoms with Crippen LogP contribution in [0.3, 0.4) is 0 Å². The van der Waals surface area contributed by atoms with Crippen LogP contribution in [0.1, 0.15) is 5.56 Å². The summed E-state index contributed by atoms with van der Waals surface area (Å²) in [7, 11) is -3.89. The SMILES string of the molecule is O=S(=O)(c1ccc(Br)cc1)c1nnn2c1nc(NCCc1ccccc1)c1ccccc12. The minimum absolute atomic E-state index is 0.136. The summed E-state index contributed by atoms with van der Waals surface area (Å²) in [6.07, 6.45) is 0.809. The molecule has 9 heteroatoms.